The summed E-state index contributed by atoms with van der Waals surface area (Å²) in [5.41, 5.74) is 12.6. The van der Waals surface area contributed by atoms with E-state index in [0.29, 0.717) is 5.69 Å². The number of benzene rings is 1. The predicted molar refractivity (Wildman–Crippen MR) is 88.8 cm³/mol. The van der Waals surface area contributed by atoms with Gasteiger partial charge in [0.2, 0.25) is 0 Å². The highest BCUT2D eigenvalue weighted by Crippen LogP contribution is 2.30. The predicted octanol–water partition coefficient (Wildman–Crippen LogP) is 3.62. The first kappa shape index (κ1) is 13.2. The molecule has 1 aromatic carbocycles. The smallest absolute Gasteiger partial charge is 0.0439 e. The third-order valence-corrected chi connectivity index (χ3v) is 3.59. The van der Waals surface area contributed by atoms with Crippen molar-refractivity contribution >= 4 is 22.8 Å². The number of hydrogen-bond donors (Lipinski definition) is 3. The van der Waals surface area contributed by atoms with Gasteiger partial charge >= 0.3 is 0 Å². The molecule has 0 saturated carbocycles. The van der Waals surface area contributed by atoms with Crippen LogP contribution in [-0.2, 0) is 6.42 Å². The van der Waals surface area contributed by atoms with E-state index in [1.807, 2.05) is 6.07 Å². The van der Waals surface area contributed by atoms with E-state index < -0.39 is 0 Å². The first-order chi connectivity index (χ1) is 10.1. The van der Waals surface area contributed by atoms with Gasteiger partial charge in [0.25, 0.3) is 0 Å². The van der Waals surface area contributed by atoms with Gasteiger partial charge in [-0.1, -0.05) is 13.2 Å². The van der Waals surface area contributed by atoms with Gasteiger partial charge in [0.05, 0.1) is 0 Å². The summed E-state index contributed by atoms with van der Waals surface area (Å²) in [7, 11) is 0. The van der Waals surface area contributed by atoms with Crippen LogP contribution in [0, 0.1) is 0 Å². The van der Waals surface area contributed by atoms with Crippen molar-refractivity contribution in [1.82, 2.24) is 4.98 Å². The Hall–Kier alpha value is -2.75. The number of fused-ring (bicyclic) bond motifs is 1. The van der Waals surface area contributed by atoms with Crippen molar-refractivity contribution in [3.8, 4) is 0 Å². The fourth-order valence-electron chi connectivity index (χ4n) is 2.44. The highest BCUT2D eigenvalue weighted by atomic mass is 14.9. The summed E-state index contributed by atoms with van der Waals surface area (Å²) in [6.45, 7) is 8.02. The molecular weight excluding hydrogens is 260 g/mol. The van der Waals surface area contributed by atoms with E-state index in [1.54, 1.807) is 18.5 Å². The minimum atomic E-state index is 0.665. The van der Waals surface area contributed by atoms with E-state index in [-0.39, 0.29) is 0 Å². The van der Waals surface area contributed by atoms with Crippen LogP contribution in [0.1, 0.15) is 17.5 Å². The number of anilines is 3. The first-order valence-corrected chi connectivity index (χ1v) is 6.87. The zero-order valence-corrected chi connectivity index (χ0v) is 11.8. The molecule has 0 amide bonds. The Labute approximate surface area is 124 Å². The summed E-state index contributed by atoms with van der Waals surface area (Å²) in [6.07, 6.45) is 5.35. The fourth-order valence-corrected chi connectivity index (χ4v) is 2.44. The zero-order valence-electron chi connectivity index (χ0n) is 11.8. The number of aryl methyl sites for hydroxylation is 1. The van der Waals surface area contributed by atoms with Gasteiger partial charge in [0.1, 0.15) is 0 Å². The highest BCUT2D eigenvalue weighted by molar-refractivity contribution is 5.81. The van der Waals surface area contributed by atoms with Crippen molar-refractivity contribution in [3.63, 3.8) is 0 Å². The molecule has 0 radical (unpaired) electrons. The van der Waals surface area contributed by atoms with Gasteiger partial charge in [-0.2, -0.15) is 0 Å². The maximum absolute atomic E-state index is 5.94. The Morgan fingerprint density at radius 2 is 2.14 bits per heavy atom. The normalized spacial score (nSPS) is 13.2. The summed E-state index contributed by atoms with van der Waals surface area (Å²) in [6, 6.07) is 7.97. The van der Waals surface area contributed by atoms with Crippen LogP contribution in [0.3, 0.4) is 0 Å². The molecule has 0 bridgehead atoms. The van der Waals surface area contributed by atoms with E-state index in [2.05, 4.69) is 40.9 Å². The minimum Gasteiger partial charge on any atom is -0.398 e. The summed E-state index contributed by atoms with van der Waals surface area (Å²) >= 11 is 0. The lowest BCUT2D eigenvalue weighted by Crippen LogP contribution is -2.09. The minimum absolute atomic E-state index is 0.665. The Morgan fingerprint density at radius 1 is 1.29 bits per heavy atom. The van der Waals surface area contributed by atoms with Crippen LogP contribution >= 0.6 is 0 Å². The van der Waals surface area contributed by atoms with Gasteiger partial charge in [-0.25, -0.2) is 0 Å². The number of nitrogens with zero attached hydrogens (tertiary/aromatic N) is 1. The molecule has 1 aliphatic rings. The summed E-state index contributed by atoms with van der Waals surface area (Å²) in [5.74, 6) is 0. The molecule has 0 spiro atoms. The van der Waals surface area contributed by atoms with E-state index in [4.69, 9.17) is 5.73 Å². The number of pyridine rings is 1. The summed E-state index contributed by atoms with van der Waals surface area (Å²) in [4.78, 5) is 4.09. The van der Waals surface area contributed by atoms with Crippen LogP contribution in [0.25, 0.3) is 5.70 Å². The van der Waals surface area contributed by atoms with Crippen LogP contribution < -0.4 is 16.4 Å². The molecule has 1 aliphatic heterocycles. The number of nitrogen functional groups attached to an aromatic ring is 1. The van der Waals surface area contributed by atoms with Crippen LogP contribution in [0.5, 0.6) is 0 Å². The second-order valence-corrected chi connectivity index (χ2v) is 5.17. The average molecular weight is 278 g/mol. The molecule has 0 saturated heterocycles. The number of aromatic nitrogens is 1. The number of allylic oxidation sites excluding steroid dienone is 1. The molecule has 3 rings (SSSR count). The molecular formula is C17H18N4. The lowest BCUT2D eigenvalue weighted by Gasteiger charge is -2.21. The molecule has 21 heavy (non-hydrogen) atoms. The maximum Gasteiger partial charge on any atom is 0.0439 e. The highest BCUT2D eigenvalue weighted by Gasteiger charge is 2.12. The van der Waals surface area contributed by atoms with E-state index in [1.165, 1.54) is 5.56 Å². The standard InChI is InChI=1S/C17H18N4/c1-11-3-4-13-9-14(5-6-17(13)20-11)21-12(2)15-10-19-8-7-16(15)18/h5-10,20-21H,1-4H2,(H2,18,19). The van der Waals surface area contributed by atoms with Gasteiger partial charge in [-0.3, -0.25) is 4.98 Å². The molecule has 0 aliphatic carbocycles. The van der Waals surface area contributed by atoms with Crippen molar-refractivity contribution in [3.05, 3.63) is 66.6 Å². The van der Waals surface area contributed by atoms with Crippen molar-refractivity contribution in [1.29, 1.82) is 0 Å². The fraction of sp³-hybridized carbons (Fsp3) is 0.118. The average Bonchev–Trinajstić information content (AvgIpc) is 2.48. The molecule has 2 heterocycles. The van der Waals surface area contributed by atoms with Crippen LogP contribution in [0.4, 0.5) is 17.1 Å². The van der Waals surface area contributed by atoms with Crippen molar-refractivity contribution in [2.45, 2.75) is 12.8 Å². The number of nitrogens with one attached hydrogen (secondary N) is 2. The molecule has 4 N–H and O–H groups in total. The third kappa shape index (κ3) is 2.74. The molecule has 0 unspecified atom stereocenters. The van der Waals surface area contributed by atoms with Crippen LogP contribution in [0.15, 0.2) is 55.5 Å². The van der Waals surface area contributed by atoms with Crippen molar-refractivity contribution in [2.75, 3.05) is 16.4 Å². The topological polar surface area (TPSA) is 63.0 Å². The van der Waals surface area contributed by atoms with Gasteiger partial charge in [0, 0.05) is 46.4 Å². The molecule has 1 aromatic heterocycles. The molecule has 4 nitrogen and oxygen atoms in total. The summed E-state index contributed by atoms with van der Waals surface area (Å²) in [5, 5.41) is 6.60. The number of hydrogen-bond acceptors (Lipinski definition) is 4. The summed E-state index contributed by atoms with van der Waals surface area (Å²) < 4.78 is 0. The van der Waals surface area contributed by atoms with Crippen molar-refractivity contribution < 1.29 is 0 Å². The van der Waals surface area contributed by atoms with E-state index in [9.17, 15) is 0 Å². The Morgan fingerprint density at radius 3 is 2.95 bits per heavy atom. The van der Waals surface area contributed by atoms with E-state index in [0.717, 1.165) is 41.2 Å². The van der Waals surface area contributed by atoms with Gasteiger partial charge in [-0.15, -0.1) is 0 Å². The zero-order chi connectivity index (χ0) is 14.8. The second-order valence-electron chi connectivity index (χ2n) is 5.17. The Bertz CT molecular complexity index is 718. The van der Waals surface area contributed by atoms with Gasteiger partial charge in [0.15, 0.2) is 0 Å². The van der Waals surface area contributed by atoms with Crippen LogP contribution in [0.2, 0.25) is 0 Å². The number of rotatable bonds is 3. The molecule has 4 heteroatoms. The third-order valence-electron chi connectivity index (χ3n) is 3.59. The largest absolute Gasteiger partial charge is 0.398 e. The molecule has 106 valence electrons. The molecule has 2 aromatic rings. The maximum atomic E-state index is 5.94. The first-order valence-electron chi connectivity index (χ1n) is 6.87. The quantitative estimate of drug-likeness (QED) is 0.802. The monoisotopic (exact) mass is 278 g/mol. The van der Waals surface area contributed by atoms with Gasteiger partial charge in [-0.05, 0) is 42.7 Å². The SMILES string of the molecule is C=C1CCc2cc(NC(=C)c3cnccc3N)ccc2N1. The Kier molecular flexibility index (Phi) is 3.36. The molecule has 0 atom stereocenters. The second kappa shape index (κ2) is 5.32. The Balaban J connectivity index is 1.81. The van der Waals surface area contributed by atoms with E-state index >= 15 is 0 Å². The lowest BCUT2D eigenvalue weighted by atomic mass is 10.0. The molecule has 0 fully saturated rings. The number of nitrogens with two attached hydrogens (primary N) is 1. The lowest BCUT2D eigenvalue weighted by molar-refractivity contribution is 0.919. The van der Waals surface area contributed by atoms with Crippen LogP contribution in [-0.4, -0.2) is 4.98 Å². The van der Waals surface area contributed by atoms with Crippen molar-refractivity contribution in [2.24, 2.45) is 0 Å². The van der Waals surface area contributed by atoms with Gasteiger partial charge < -0.3 is 16.4 Å².